The first-order valence-electron chi connectivity index (χ1n) is 3.30. The van der Waals surface area contributed by atoms with E-state index in [-0.39, 0.29) is 0 Å². The second-order valence-electron chi connectivity index (χ2n) is 2.37. The van der Waals surface area contributed by atoms with Crippen LogP contribution in [-0.2, 0) is 4.79 Å². The van der Waals surface area contributed by atoms with Crippen molar-refractivity contribution in [3.63, 3.8) is 0 Å². The maximum absolute atomic E-state index is 10.2. The Morgan fingerprint density at radius 1 is 1.64 bits per heavy atom. The van der Waals surface area contributed by atoms with Gasteiger partial charge >= 0.3 is 5.97 Å². The number of hydrogen-bond acceptors (Lipinski definition) is 4. The maximum atomic E-state index is 10.2. The summed E-state index contributed by atoms with van der Waals surface area (Å²) in [6.45, 7) is 4.12. The topological polar surface area (TPSA) is 63.3 Å². The SMILES string of the molecule is CC(C)SSCC(N)C(=O)O. The minimum Gasteiger partial charge on any atom is -0.480 e. The summed E-state index contributed by atoms with van der Waals surface area (Å²) in [5.41, 5.74) is 5.27. The maximum Gasteiger partial charge on any atom is 0.321 e. The first kappa shape index (κ1) is 11.1. The molecule has 0 aliphatic rings. The van der Waals surface area contributed by atoms with Crippen molar-refractivity contribution in [3.8, 4) is 0 Å². The van der Waals surface area contributed by atoms with Crippen molar-refractivity contribution in [3.05, 3.63) is 0 Å². The Labute approximate surface area is 74.5 Å². The highest BCUT2D eigenvalue weighted by atomic mass is 33.1. The van der Waals surface area contributed by atoms with Gasteiger partial charge in [0.25, 0.3) is 0 Å². The number of carbonyl (C=O) groups is 1. The van der Waals surface area contributed by atoms with Crippen LogP contribution in [0.5, 0.6) is 0 Å². The molecule has 0 radical (unpaired) electrons. The van der Waals surface area contributed by atoms with E-state index in [0.717, 1.165) is 0 Å². The Bertz CT molecular complexity index is 130. The van der Waals surface area contributed by atoms with Crippen LogP contribution in [0.2, 0.25) is 0 Å². The van der Waals surface area contributed by atoms with E-state index < -0.39 is 12.0 Å². The van der Waals surface area contributed by atoms with Gasteiger partial charge in [0.2, 0.25) is 0 Å². The van der Waals surface area contributed by atoms with Gasteiger partial charge in [-0.05, 0) is 0 Å². The average Bonchev–Trinajstić information content (AvgIpc) is 1.86. The molecule has 0 aliphatic carbocycles. The summed E-state index contributed by atoms with van der Waals surface area (Å²) in [6.07, 6.45) is 0. The van der Waals surface area contributed by atoms with E-state index in [1.165, 1.54) is 10.8 Å². The molecule has 0 rings (SSSR count). The van der Waals surface area contributed by atoms with Crippen molar-refractivity contribution in [1.29, 1.82) is 0 Å². The molecule has 0 aromatic rings. The lowest BCUT2D eigenvalue weighted by atomic mass is 10.4. The van der Waals surface area contributed by atoms with Gasteiger partial charge in [-0.2, -0.15) is 0 Å². The predicted molar refractivity (Wildman–Crippen MR) is 50.8 cm³/mol. The van der Waals surface area contributed by atoms with Crippen LogP contribution >= 0.6 is 21.6 Å². The molecule has 1 unspecified atom stereocenters. The molecule has 0 fully saturated rings. The van der Waals surface area contributed by atoms with Gasteiger partial charge in [0.1, 0.15) is 6.04 Å². The fourth-order valence-electron chi connectivity index (χ4n) is 0.320. The molecule has 0 saturated heterocycles. The van der Waals surface area contributed by atoms with Gasteiger partial charge in [-0.25, -0.2) is 0 Å². The van der Waals surface area contributed by atoms with E-state index in [0.29, 0.717) is 11.0 Å². The van der Waals surface area contributed by atoms with E-state index >= 15 is 0 Å². The van der Waals surface area contributed by atoms with Crippen LogP contribution in [0.3, 0.4) is 0 Å². The summed E-state index contributed by atoms with van der Waals surface area (Å²) in [7, 11) is 3.16. The summed E-state index contributed by atoms with van der Waals surface area (Å²) in [5, 5.41) is 8.91. The number of aliphatic carboxylic acids is 1. The number of hydrogen-bond donors (Lipinski definition) is 2. The van der Waals surface area contributed by atoms with E-state index in [1.54, 1.807) is 10.8 Å². The van der Waals surface area contributed by atoms with Crippen LogP contribution in [-0.4, -0.2) is 28.1 Å². The smallest absolute Gasteiger partial charge is 0.321 e. The fourth-order valence-corrected chi connectivity index (χ4v) is 2.45. The zero-order valence-corrected chi connectivity index (χ0v) is 8.24. The van der Waals surface area contributed by atoms with Gasteiger partial charge in [-0.15, -0.1) is 0 Å². The van der Waals surface area contributed by atoms with Gasteiger partial charge < -0.3 is 10.8 Å². The lowest BCUT2D eigenvalue weighted by Crippen LogP contribution is -2.32. The highest BCUT2D eigenvalue weighted by Gasteiger charge is 2.11. The molecule has 11 heavy (non-hydrogen) atoms. The molecule has 0 bridgehead atoms. The van der Waals surface area contributed by atoms with Crippen molar-refractivity contribution in [2.45, 2.75) is 25.1 Å². The lowest BCUT2D eigenvalue weighted by Gasteiger charge is -2.06. The van der Waals surface area contributed by atoms with Crippen LogP contribution in [0.4, 0.5) is 0 Å². The Balaban J connectivity index is 3.31. The number of carboxylic acid groups (broad SMARTS) is 1. The molecule has 0 spiro atoms. The molecule has 0 aliphatic heterocycles. The Morgan fingerprint density at radius 2 is 2.18 bits per heavy atom. The standard InChI is InChI=1S/C6H13NO2S2/c1-4(2)11-10-3-5(7)6(8)9/h4-5H,3,7H2,1-2H3,(H,8,9). The largest absolute Gasteiger partial charge is 0.480 e. The number of nitrogens with two attached hydrogens (primary N) is 1. The summed E-state index contributed by atoms with van der Waals surface area (Å²) >= 11 is 0. The number of carboxylic acids is 1. The van der Waals surface area contributed by atoms with Crippen LogP contribution in [0.15, 0.2) is 0 Å². The van der Waals surface area contributed by atoms with Crippen LogP contribution in [0.1, 0.15) is 13.8 Å². The van der Waals surface area contributed by atoms with E-state index in [9.17, 15) is 4.79 Å². The average molecular weight is 195 g/mol. The molecule has 3 N–H and O–H groups in total. The van der Waals surface area contributed by atoms with Gasteiger partial charge in [0.05, 0.1) is 0 Å². The van der Waals surface area contributed by atoms with E-state index in [1.807, 2.05) is 0 Å². The van der Waals surface area contributed by atoms with E-state index in [2.05, 4.69) is 13.8 Å². The van der Waals surface area contributed by atoms with Crippen molar-refractivity contribution in [2.75, 3.05) is 5.75 Å². The third-order valence-electron chi connectivity index (χ3n) is 0.825. The zero-order chi connectivity index (χ0) is 8.85. The third kappa shape index (κ3) is 6.52. The quantitative estimate of drug-likeness (QED) is 0.645. The number of rotatable bonds is 5. The molecule has 66 valence electrons. The molecule has 5 heteroatoms. The summed E-state index contributed by atoms with van der Waals surface area (Å²) in [5.74, 6) is -0.458. The predicted octanol–water partition coefficient (Wildman–Crippen LogP) is 1.19. The Morgan fingerprint density at radius 3 is 2.55 bits per heavy atom. The highest BCUT2D eigenvalue weighted by Crippen LogP contribution is 2.26. The summed E-state index contributed by atoms with van der Waals surface area (Å²) < 4.78 is 0. The second kappa shape index (κ2) is 5.74. The van der Waals surface area contributed by atoms with Gasteiger partial charge in [0.15, 0.2) is 0 Å². The molecule has 1 atom stereocenters. The van der Waals surface area contributed by atoms with Crippen molar-refractivity contribution < 1.29 is 9.90 Å². The lowest BCUT2D eigenvalue weighted by molar-refractivity contribution is -0.137. The molecular weight excluding hydrogens is 182 g/mol. The van der Waals surface area contributed by atoms with Gasteiger partial charge in [-0.3, -0.25) is 4.79 Å². The highest BCUT2D eigenvalue weighted by molar-refractivity contribution is 8.76. The Kier molecular flexibility index (Phi) is 5.81. The summed E-state index contributed by atoms with van der Waals surface area (Å²) in [6, 6.07) is -0.730. The molecule has 0 amide bonds. The monoisotopic (exact) mass is 195 g/mol. The second-order valence-corrected chi connectivity index (χ2v) is 5.36. The van der Waals surface area contributed by atoms with Gasteiger partial charge in [-0.1, -0.05) is 35.4 Å². The minimum atomic E-state index is -0.929. The van der Waals surface area contributed by atoms with Crippen molar-refractivity contribution in [2.24, 2.45) is 5.73 Å². The molecular formula is C6H13NO2S2. The van der Waals surface area contributed by atoms with Crippen LogP contribution in [0.25, 0.3) is 0 Å². The third-order valence-corrected chi connectivity index (χ3v) is 3.81. The molecule has 0 aromatic carbocycles. The van der Waals surface area contributed by atoms with Crippen LogP contribution in [0, 0.1) is 0 Å². The molecule has 0 heterocycles. The first-order chi connectivity index (χ1) is 5.04. The van der Waals surface area contributed by atoms with Crippen molar-refractivity contribution in [1.82, 2.24) is 0 Å². The molecule has 0 saturated carbocycles. The van der Waals surface area contributed by atoms with Crippen molar-refractivity contribution >= 4 is 27.6 Å². The minimum absolute atomic E-state index is 0.470. The van der Waals surface area contributed by atoms with E-state index in [4.69, 9.17) is 10.8 Å². The van der Waals surface area contributed by atoms with Crippen LogP contribution < -0.4 is 5.73 Å². The molecule has 3 nitrogen and oxygen atoms in total. The van der Waals surface area contributed by atoms with Gasteiger partial charge in [0, 0.05) is 11.0 Å². The summed E-state index contributed by atoms with van der Waals surface area (Å²) in [4.78, 5) is 10.2. The fraction of sp³-hybridized carbons (Fsp3) is 0.833. The molecule has 0 aromatic heterocycles. The Hall–Kier alpha value is 0.130. The first-order valence-corrected chi connectivity index (χ1v) is 5.69. The zero-order valence-electron chi connectivity index (χ0n) is 6.61. The normalized spacial score (nSPS) is 13.5.